The van der Waals surface area contributed by atoms with Crippen molar-refractivity contribution in [3.8, 4) is 0 Å². The number of anilines is 1. The van der Waals surface area contributed by atoms with Gasteiger partial charge in [0.2, 0.25) is 5.91 Å². The zero-order valence-electron chi connectivity index (χ0n) is 11.9. The summed E-state index contributed by atoms with van der Waals surface area (Å²) in [7, 11) is 0. The highest BCUT2D eigenvalue weighted by molar-refractivity contribution is 5.95. The third-order valence-electron chi connectivity index (χ3n) is 3.48. The van der Waals surface area contributed by atoms with Gasteiger partial charge in [0.25, 0.3) is 0 Å². The summed E-state index contributed by atoms with van der Waals surface area (Å²) < 4.78 is 0. The van der Waals surface area contributed by atoms with Crippen LogP contribution in [-0.4, -0.2) is 42.8 Å². The van der Waals surface area contributed by atoms with E-state index in [2.05, 4.69) is 22.9 Å². The van der Waals surface area contributed by atoms with Crippen LogP contribution in [0.15, 0.2) is 24.3 Å². The number of aliphatic hydroxyl groups excluding tert-OH is 1. The zero-order valence-corrected chi connectivity index (χ0v) is 11.9. The van der Waals surface area contributed by atoms with E-state index in [4.69, 9.17) is 5.11 Å². The minimum atomic E-state index is -0.188. The average molecular weight is 277 g/mol. The molecule has 1 fully saturated rings. The number of aryl methyl sites for hydroxylation is 1. The van der Waals surface area contributed by atoms with Crippen LogP contribution in [0.3, 0.4) is 0 Å². The van der Waals surface area contributed by atoms with Crippen LogP contribution in [0.5, 0.6) is 0 Å². The molecule has 5 heteroatoms. The molecule has 4 N–H and O–H groups in total. The van der Waals surface area contributed by atoms with Gasteiger partial charge in [0.05, 0.1) is 6.04 Å². The van der Waals surface area contributed by atoms with Crippen LogP contribution in [0.4, 0.5) is 5.69 Å². The van der Waals surface area contributed by atoms with Crippen molar-refractivity contribution < 1.29 is 9.90 Å². The Labute approximate surface area is 119 Å². The fraction of sp³-hybridized carbons (Fsp3) is 0.533. The number of benzene rings is 1. The van der Waals surface area contributed by atoms with Crippen LogP contribution >= 0.6 is 0 Å². The molecule has 0 bridgehead atoms. The predicted molar refractivity (Wildman–Crippen MR) is 79.7 cm³/mol. The van der Waals surface area contributed by atoms with E-state index in [-0.39, 0.29) is 18.6 Å². The van der Waals surface area contributed by atoms with E-state index < -0.39 is 0 Å². The lowest BCUT2D eigenvalue weighted by Crippen LogP contribution is -2.57. The molecule has 1 amide bonds. The van der Waals surface area contributed by atoms with Crippen LogP contribution in [0.2, 0.25) is 0 Å². The van der Waals surface area contributed by atoms with E-state index >= 15 is 0 Å². The van der Waals surface area contributed by atoms with Gasteiger partial charge in [0, 0.05) is 31.4 Å². The first-order valence-electron chi connectivity index (χ1n) is 7.16. The van der Waals surface area contributed by atoms with Gasteiger partial charge >= 0.3 is 0 Å². The van der Waals surface area contributed by atoms with Crippen LogP contribution < -0.4 is 16.0 Å². The number of carbonyl (C=O) groups excluding carboxylic acids is 1. The number of rotatable bonds is 5. The van der Waals surface area contributed by atoms with Crippen molar-refractivity contribution in [3.63, 3.8) is 0 Å². The van der Waals surface area contributed by atoms with E-state index in [0.29, 0.717) is 12.6 Å². The van der Waals surface area contributed by atoms with Crippen molar-refractivity contribution in [1.29, 1.82) is 0 Å². The van der Waals surface area contributed by atoms with E-state index in [9.17, 15) is 4.79 Å². The fourth-order valence-corrected chi connectivity index (χ4v) is 2.28. The lowest BCUT2D eigenvalue weighted by Gasteiger charge is -2.28. The number of hydrogen-bond donors (Lipinski definition) is 4. The lowest BCUT2D eigenvalue weighted by atomic mass is 10.1. The molecular formula is C15H23N3O2. The molecule has 1 aliphatic heterocycles. The molecule has 0 aliphatic carbocycles. The Morgan fingerprint density at radius 3 is 2.95 bits per heavy atom. The number of carbonyl (C=O) groups is 1. The van der Waals surface area contributed by atoms with E-state index in [1.807, 2.05) is 24.3 Å². The number of nitrogens with one attached hydrogen (secondary N) is 3. The molecule has 20 heavy (non-hydrogen) atoms. The Kier molecular flexibility index (Phi) is 5.52. The number of amides is 1. The van der Waals surface area contributed by atoms with Gasteiger partial charge in [-0.2, -0.15) is 0 Å². The summed E-state index contributed by atoms with van der Waals surface area (Å²) in [6.45, 7) is 3.73. The number of hydrogen-bond acceptors (Lipinski definition) is 4. The first kappa shape index (κ1) is 15.0. The monoisotopic (exact) mass is 277 g/mol. The summed E-state index contributed by atoms with van der Waals surface area (Å²) in [5.41, 5.74) is 1.94. The summed E-state index contributed by atoms with van der Waals surface area (Å²) in [6.07, 6.45) is 1.56. The van der Waals surface area contributed by atoms with E-state index in [1.54, 1.807) is 0 Å². The van der Waals surface area contributed by atoms with Gasteiger partial charge in [0.15, 0.2) is 0 Å². The molecular weight excluding hydrogens is 254 g/mol. The Hall–Kier alpha value is -1.43. The molecule has 1 heterocycles. The third kappa shape index (κ3) is 4.30. The molecule has 1 aliphatic rings. The molecule has 5 nitrogen and oxygen atoms in total. The van der Waals surface area contributed by atoms with Crippen LogP contribution in [0, 0.1) is 0 Å². The Morgan fingerprint density at radius 1 is 1.40 bits per heavy atom. The Morgan fingerprint density at radius 2 is 2.25 bits per heavy atom. The Balaban J connectivity index is 1.90. The van der Waals surface area contributed by atoms with Gasteiger partial charge in [-0.3, -0.25) is 4.79 Å². The van der Waals surface area contributed by atoms with E-state index in [1.165, 1.54) is 0 Å². The molecule has 0 aromatic heterocycles. The summed E-state index contributed by atoms with van der Waals surface area (Å²) in [4.78, 5) is 12.1. The summed E-state index contributed by atoms with van der Waals surface area (Å²) in [5, 5.41) is 18.3. The first-order valence-corrected chi connectivity index (χ1v) is 7.16. The molecule has 2 rings (SSSR count). The molecule has 0 radical (unpaired) electrons. The second-order valence-electron chi connectivity index (χ2n) is 5.29. The minimum absolute atomic E-state index is 0.0105. The largest absolute Gasteiger partial charge is 0.396 e. The van der Waals surface area contributed by atoms with Crippen molar-refractivity contribution >= 4 is 11.6 Å². The smallest absolute Gasteiger partial charge is 0.242 e. The number of aliphatic hydroxyl groups is 1. The molecule has 1 saturated heterocycles. The molecule has 0 saturated carbocycles. The third-order valence-corrected chi connectivity index (χ3v) is 3.48. The Bertz CT molecular complexity index is 442. The zero-order chi connectivity index (χ0) is 14.4. The first-order chi connectivity index (χ1) is 9.69. The second-order valence-corrected chi connectivity index (χ2v) is 5.29. The normalized spacial score (nSPS) is 22.5. The van der Waals surface area contributed by atoms with Gasteiger partial charge < -0.3 is 21.1 Å². The predicted octanol–water partition coefficient (Wildman–Crippen LogP) is 0.500. The maximum atomic E-state index is 12.1. The minimum Gasteiger partial charge on any atom is -0.396 e. The van der Waals surface area contributed by atoms with Gasteiger partial charge in [-0.25, -0.2) is 0 Å². The van der Waals surface area contributed by atoms with Gasteiger partial charge in [-0.05, 0) is 37.5 Å². The quantitative estimate of drug-likeness (QED) is 0.632. The average Bonchev–Trinajstić information content (AvgIpc) is 2.46. The molecule has 2 unspecified atom stereocenters. The summed E-state index contributed by atoms with van der Waals surface area (Å²) >= 11 is 0. The highest BCUT2D eigenvalue weighted by atomic mass is 16.2. The van der Waals surface area contributed by atoms with Crippen LogP contribution in [-0.2, 0) is 11.2 Å². The lowest BCUT2D eigenvalue weighted by molar-refractivity contribution is -0.118. The summed E-state index contributed by atoms with van der Waals surface area (Å²) in [6, 6.07) is 8.00. The molecule has 110 valence electrons. The van der Waals surface area contributed by atoms with Crippen molar-refractivity contribution in [1.82, 2.24) is 10.6 Å². The van der Waals surface area contributed by atoms with Crippen molar-refractivity contribution in [2.75, 3.05) is 25.0 Å². The van der Waals surface area contributed by atoms with Crippen LogP contribution in [0.1, 0.15) is 18.9 Å². The van der Waals surface area contributed by atoms with Crippen LogP contribution in [0.25, 0.3) is 0 Å². The van der Waals surface area contributed by atoms with Crippen molar-refractivity contribution in [2.24, 2.45) is 0 Å². The van der Waals surface area contributed by atoms with E-state index in [0.717, 1.165) is 30.6 Å². The van der Waals surface area contributed by atoms with Crippen molar-refractivity contribution in [2.45, 2.75) is 31.8 Å². The maximum Gasteiger partial charge on any atom is 0.242 e. The SMILES string of the molecule is CC1CNC(C(=O)Nc2cccc(CCCO)c2)CN1. The summed E-state index contributed by atoms with van der Waals surface area (Å²) in [5.74, 6) is -0.0105. The molecule has 1 aromatic carbocycles. The molecule has 1 aromatic rings. The highest BCUT2D eigenvalue weighted by Gasteiger charge is 2.23. The maximum absolute atomic E-state index is 12.1. The highest BCUT2D eigenvalue weighted by Crippen LogP contribution is 2.12. The topological polar surface area (TPSA) is 73.4 Å². The number of piperazine rings is 1. The van der Waals surface area contributed by atoms with Gasteiger partial charge in [-0.1, -0.05) is 12.1 Å². The van der Waals surface area contributed by atoms with Gasteiger partial charge in [0.1, 0.15) is 0 Å². The molecule has 0 spiro atoms. The molecule has 2 atom stereocenters. The second kappa shape index (κ2) is 7.38. The van der Waals surface area contributed by atoms with Crippen molar-refractivity contribution in [3.05, 3.63) is 29.8 Å². The standard InChI is InChI=1S/C15H23N3O2/c1-11-9-17-14(10-16-11)15(20)18-13-6-2-4-12(8-13)5-3-7-19/h2,4,6,8,11,14,16-17,19H,3,5,7,9-10H2,1H3,(H,18,20). The fourth-order valence-electron chi connectivity index (χ4n) is 2.28. The van der Waals surface area contributed by atoms with Gasteiger partial charge in [-0.15, -0.1) is 0 Å².